The van der Waals surface area contributed by atoms with Crippen molar-refractivity contribution in [3.05, 3.63) is 47.8 Å². The molecule has 2 N–H and O–H groups in total. The number of carbonyl (C=O) groups excluding carboxylic acids is 1. The van der Waals surface area contributed by atoms with E-state index in [1.165, 1.54) is 0 Å². The van der Waals surface area contributed by atoms with Crippen LogP contribution in [0.2, 0.25) is 0 Å². The van der Waals surface area contributed by atoms with Gasteiger partial charge in [-0.1, -0.05) is 6.07 Å². The molecule has 0 unspecified atom stereocenters. The summed E-state index contributed by atoms with van der Waals surface area (Å²) >= 11 is 0. The van der Waals surface area contributed by atoms with Crippen LogP contribution in [-0.2, 0) is 22.6 Å². The van der Waals surface area contributed by atoms with Crippen molar-refractivity contribution in [2.24, 2.45) is 0 Å². The summed E-state index contributed by atoms with van der Waals surface area (Å²) in [6.45, 7) is 2.78. The molecule has 2 aromatic heterocycles. The lowest BCUT2D eigenvalue weighted by Crippen LogP contribution is -2.47. The highest BCUT2D eigenvalue weighted by Gasteiger charge is 2.33. The Hall–Kier alpha value is -2.25. The number of aromatic amines is 1. The molecule has 7 nitrogen and oxygen atoms in total. The monoisotopic (exact) mass is 341 g/mol. The van der Waals surface area contributed by atoms with E-state index in [0.29, 0.717) is 6.61 Å². The summed E-state index contributed by atoms with van der Waals surface area (Å²) < 4.78 is 5.95. The number of fused-ring (bicyclic) bond motifs is 1. The van der Waals surface area contributed by atoms with Gasteiger partial charge in [-0.25, -0.2) is 4.98 Å². The van der Waals surface area contributed by atoms with E-state index >= 15 is 0 Å². The standard InChI is InChI=1S/C18H23N5O2/c24-18(17-16-15(4-8-20-17)21-12-22-16)23-9-5-14(6-10-23)25-11-13-3-1-2-7-19-13/h1-3,7,12,14,17,20H,4-6,8-11H2,(H,21,22)/t17-/m1/s1. The van der Waals surface area contributed by atoms with Crippen LogP contribution in [0.25, 0.3) is 0 Å². The molecule has 0 saturated carbocycles. The van der Waals surface area contributed by atoms with Crippen molar-refractivity contribution in [1.29, 1.82) is 0 Å². The topological polar surface area (TPSA) is 83.1 Å². The van der Waals surface area contributed by atoms with E-state index in [1.54, 1.807) is 12.5 Å². The van der Waals surface area contributed by atoms with Gasteiger partial charge >= 0.3 is 0 Å². The Labute approximate surface area is 146 Å². The smallest absolute Gasteiger partial charge is 0.246 e. The van der Waals surface area contributed by atoms with E-state index in [4.69, 9.17) is 4.74 Å². The molecule has 1 fully saturated rings. The highest BCUT2D eigenvalue weighted by Crippen LogP contribution is 2.24. The lowest BCUT2D eigenvalue weighted by molar-refractivity contribution is -0.136. The number of H-pyrrole nitrogens is 1. The van der Waals surface area contributed by atoms with Crippen LogP contribution < -0.4 is 5.32 Å². The van der Waals surface area contributed by atoms with Gasteiger partial charge in [0, 0.05) is 37.9 Å². The molecule has 0 radical (unpaired) electrons. The molecule has 2 aromatic rings. The predicted molar refractivity (Wildman–Crippen MR) is 91.7 cm³/mol. The van der Waals surface area contributed by atoms with Gasteiger partial charge in [0.2, 0.25) is 5.91 Å². The molecule has 2 aliphatic rings. The molecule has 2 aliphatic heterocycles. The number of pyridine rings is 1. The number of piperidine rings is 1. The second-order valence-corrected chi connectivity index (χ2v) is 6.56. The summed E-state index contributed by atoms with van der Waals surface area (Å²) in [4.78, 5) is 26.5. The highest BCUT2D eigenvalue weighted by molar-refractivity contribution is 5.83. The molecular weight excluding hydrogens is 318 g/mol. The van der Waals surface area contributed by atoms with Gasteiger partial charge in [0.1, 0.15) is 6.04 Å². The number of hydrogen-bond acceptors (Lipinski definition) is 5. The number of rotatable bonds is 4. The number of hydrogen-bond donors (Lipinski definition) is 2. The zero-order chi connectivity index (χ0) is 17.1. The third kappa shape index (κ3) is 3.57. The first-order chi connectivity index (χ1) is 12.3. The number of carbonyl (C=O) groups is 1. The van der Waals surface area contributed by atoms with Gasteiger partial charge in [0.15, 0.2) is 0 Å². The molecule has 0 aromatic carbocycles. The van der Waals surface area contributed by atoms with E-state index in [0.717, 1.165) is 56.0 Å². The summed E-state index contributed by atoms with van der Waals surface area (Å²) in [5.74, 6) is 0.122. The average molecular weight is 341 g/mol. The number of likely N-dealkylation sites (tertiary alicyclic amines) is 1. The summed E-state index contributed by atoms with van der Waals surface area (Å²) in [6.07, 6.45) is 6.25. The zero-order valence-electron chi connectivity index (χ0n) is 14.1. The second-order valence-electron chi connectivity index (χ2n) is 6.56. The van der Waals surface area contributed by atoms with Crippen LogP contribution in [-0.4, -0.2) is 51.5 Å². The molecule has 7 heteroatoms. The lowest BCUT2D eigenvalue weighted by atomic mass is 10.0. The van der Waals surface area contributed by atoms with Crippen molar-refractivity contribution in [3.63, 3.8) is 0 Å². The van der Waals surface area contributed by atoms with E-state index in [-0.39, 0.29) is 18.1 Å². The van der Waals surface area contributed by atoms with Gasteiger partial charge in [-0.2, -0.15) is 0 Å². The van der Waals surface area contributed by atoms with Crippen LogP contribution in [0.4, 0.5) is 0 Å². The minimum absolute atomic E-state index is 0.122. The molecule has 4 rings (SSSR count). The Morgan fingerprint density at radius 3 is 2.96 bits per heavy atom. The average Bonchev–Trinajstić information content (AvgIpc) is 3.16. The maximum atomic E-state index is 12.9. The maximum absolute atomic E-state index is 12.9. The number of imidazole rings is 1. The van der Waals surface area contributed by atoms with E-state index in [1.807, 2.05) is 23.1 Å². The Bertz CT molecular complexity index is 709. The first-order valence-electron chi connectivity index (χ1n) is 8.87. The van der Waals surface area contributed by atoms with Crippen molar-refractivity contribution >= 4 is 5.91 Å². The van der Waals surface area contributed by atoms with E-state index < -0.39 is 0 Å². The molecule has 1 atom stereocenters. The van der Waals surface area contributed by atoms with Gasteiger partial charge < -0.3 is 19.9 Å². The number of nitrogens with zero attached hydrogens (tertiary/aromatic N) is 3. The van der Waals surface area contributed by atoms with Gasteiger partial charge in [0.25, 0.3) is 0 Å². The minimum Gasteiger partial charge on any atom is -0.372 e. The van der Waals surface area contributed by atoms with Crippen LogP contribution in [0.3, 0.4) is 0 Å². The summed E-state index contributed by atoms with van der Waals surface area (Å²) in [6, 6.07) is 5.51. The van der Waals surface area contributed by atoms with Crippen LogP contribution in [0.1, 0.15) is 36.0 Å². The van der Waals surface area contributed by atoms with Crippen LogP contribution in [0.15, 0.2) is 30.7 Å². The quantitative estimate of drug-likeness (QED) is 0.873. The lowest BCUT2D eigenvalue weighted by Gasteiger charge is -2.35. The van der Waals surface area contributed by atoms with Crippen LogP contribution >= 0.6 is 0 Å². The number of nitrogens with one attached hydrogen (secondary N) is 2. The SMILES string of the molecule is O=C([C@@H]1NCCc2[nH]cnc21)N1CCC(OCc2ccccn2)CC1. The van der Waals surface area contributed by atoms with Crippen molar-refractivity contribution < 1.29 is 9.53 Å². The molecule has 4 heterocycles. The van der Waals surface area contributed by atoms with Crippen molar-refractivity contribution in [2.45, 2.75) is 38.0 Å². The fourth-order valence-electron chi connectivity index (χ4n) is 3.54. The van der Waals surface area contributed by atoms with Gasteiger partial charge in [-0.15, -0.1) is 0 Å². The first-order valence-corrected chi connectivity index (χ1v) is 8.87. The third-order valence-corrected chi connectivity index (χ3v) is 4.94. The Morgan fingerprint density at radius 1 is 1.28 bits per heavy atom. The summed E-state index contributed by atoms with van der Waals surface area (Å²) in [5.41, 5.74) is 2.87. The fourth-order valence-corrected chi connectivity index (χ4v) is 3.54. The first kappa shape index (κ1) is 16.2. The molecule has 0 spiro atoms. The third-order valence-electron chi connectivity index (χ3n) is 4.94. The number of aromatic nitrogens is 3. The Balaban J connectivity index is 1.30. The van der Waals surface area contributed by atoms with Gasteiger partial charge in [-0.05, 0) is 25.0 Å². The van der Waals surface area contributed by atoms with E-state index in [2.05, 4.69) is 20.3 Å². The van der Waals surface area contributed by atoms with Crippen molar-refractivity contribution in [2.75, 3.05) is 19.6 Å². The van der Waals surface area contributed by atoms with Crippen LogP contribution in [0, 0.1) is 0 Å². The van der Waals surface area contributed by atoms with Gasteiger partial charge in [0.05, 0.1) is 30.4 Å². The molecule has 1 saturated heterocycles. The normalized spacial score (nSPS) is 21.1. The fraction of sp³-hybridized carbons (Fsp3) is 0.500. The molecule has 1 amide bonds. The van der Waals surface area contributed by atoms with E-state index in [9.17, 15) is 4.79 Å². The Morgan fingerprint density at radius 2 is 2.16 bits per heavy atom. The maximum Gasteiger partial charge on any atom is 0.246 e. The largest absolute Gasteiger partial charge is 0.372 e. The number of amides is 1. The molecule has 132 valence electrons. The Kier molecular flexibility index (Phi) is 4.76. The van der Waals surface area contributed by atoms with Crippen LogP contribution in [0.5, 0.6) is 0 Å². The molecular formula is C18H23N5O2. The van der Waals surface area contributed by atoms with Crippen molar-refractivity contribution in [1.82, 2.24) is 25.2 Å². The zero-order valence-corrected chi connectivity index (χ0v) is 14.1. The second kappa shape index (κ2) is 7.33. The molecule has 0 aliphatic carbocycles. The summed E-state index contributed by atoms with van der Waals surface area (Å²) in [7, 11) is 0. The highest BCUT2D eigenvalue weighted by atomic mass is 16.5. The molecule has 0 bridgehead atoms. The predicted octanol–water partition coefficient (Wildman–Crippen LogP) is 1.20. The minimum atomic E-state index is -0.319. The van der Waals surface area contributed by atoms with Crippen molar-refractivity contribution in [3.8, 4) is 0 Å². The molecule has 25 heavy (non-hydrogen) atoms. The summed E-state index contributed by atoms with van der Waals surface area (Å²) in [5, 5.41) is 3.30. The van der Waals surface area contributed by atoms with Gasteiger partial charge in [-0.3, -0.25) is 9.78 Å². The number of ether oxygens (including phenoxy) is 1.